The monoisotopic (exact) mass is 321 g/mol. The Kier molecular flexibility index (Phi) is 4.72. The summed E-state index contributed by atoms with van der Waals surface area (Å²) in [5.74, 6) is 0.576. The molecule has 0 saturated carbocycles. The lowest BCUT2D eigenvalue weighted by Crippen LogP contribution is -2.23. The van der Waals surface area contributed by atoms with Gasteiger partial charge < -0.3 is 0 Å². The van der Waals surface area contributed by atoms with Gasteiger partial charge in [-0.3, -0.25) is 0 Å². The maximum atomic E-state index is 12.2. The summed E-state index contributed by atoms with van der Waals surface area (Å²) in [5.41, 5.74) is 2.76. The van der Waals surface area contributed by atoms with Gasteiger partial charge in [0.15, 0.2) is 0 Å². The zero-order valence-corrected chi connectivity index (χ0v) is 14.6. The van der Waals surface area contributed by atoms with Gasteiger partial charge in [0.05, 0.1) is 16.8 Å². The highest BCUT2D eigenvalue weighted by molar-refractivity contribution is 7.89. The number of hydrogen-bond donors (Lipinski definition) is 0. The van der Waals surface area contributed by atoms with Crippen molar-refractivity contribution in [2.45, 2.75) is 32.1 Å². The van der Waals surface area contributed by atoms with Crippen molar-refractivity contribution in [3.8, 4) is 5.69 Å². The van der Waals surface area contributed by atoms with E-state index in [1.165, 1.54) is 24.0 Å². The minimum absolute atomic E-state index is 0.329. The van der Waals surface area contributed by atoms with Crippen LogP contribution in [-0.4, -0.2) is 36.6 Å². The summed E-state index contributed by atoms with van der Waals surface area (Å²) in [6.07, 6.45) is 4.83. The lowest BCUT2D eigenvalue weighted by molar-refractivity contribution is 0.520. The van der Waals surface area contributed by atoms with Gasteiger partial charge in [-0.25, -0.2) is 17.4 Å². The minimum atomic E-state index is -3.41. The summed E-state index contributed by atoms with van der Waals surface area (Å²) >= 11 is 0. The molecule has 0 saturated heterocycles. The predicted molar refractivity (Wildman–Crippen MR) is 87.7 cm³/mol. The molecule has 0 aliphatic heterocycles. The van der Waals surface area contributed by atoms with Gasteiger partial charge in [0.25, 0.3) is 0 Å². The molecule has 2 aromatic rings. The van der Waals surface area contributed by atoms with E-state index in [0.29, 0.717) is 16.4 Å². The summed E-state index contributed by atoms with van der Waals surface area (Å²) < 4.78 is 27.5. The number of hydrogen-bond acceptors (Lipinski definition) is 3. The molecule has 6 heteroatoms. The highest BCUT2D eigenvalue weighted by atomic mass is 32.2. The summed E-state index contributed by atoms with van der Waals surface area (Å²) in [5, 5.41) is 4.36. The van der Waals surface area contributed by atoms with E-state index in [4.69, 9.17) is 0 Å². The van der Waals surface area contributed by atoms with Crippen LogP contribution >= 0.6 is 0 Å². The molecule has 0 fully saturated rings. The first-order valence-electron chi connectivity index (χ1n) is 7.29. The highest BCUT2D eigenvalue weighted by Gasteiger charge is 2.19. The molecule has 0 aliphatic rings. The Morgan fingerprint density at radius 3 is 2.50 bits per heavy atom. The Hall–Kier alpha value is -1.66. The third-order valence-corrected chi connectivity index (χ3v) is 5.44. The molecule has 0 aliphatic carbocycles. The van der Waals surface area contributed by atoms with E-state index in [9.17, 15) is 8.42 Å². The zero-order valence-electron chi connectivity index (χ0n) is 13.7. The molecule has 0 unspecified atom stereocenters. The van der Waals surface area contributed by atoms with Crippen LogP contribution in [0.5, 0.6) is 0 Å². The Morgan fingerprint density at radius 1 is 1.27 bits per heavy atom. The minimum Gasteiger partial charge on any atom is -0.241 e. The van der Waals surface area contributed by atoms with Crippen LogP contribution in [0.1, 0.15) is 25.0 Å². The number of rotatable bonds is 5. The van der Waals surface area contributed by atoms with Crippen molar-refractivity contribution in [2.24, 2.45) is 5.92 Å². The standard InChI is InChI=1S/C16H23N3O2S/c1-12(2)8-14-10-17-19(11-14)15-6-7-16(13(3)9-15)22(20,21)18(4)5/h6-7,9-12H,8H2,1-5H3. The maximum Gasteiger partial charge on any atom is 0.242 e. The van der Waals surface area contributed by atoms with Crippen LogP contribution in [-0.2, 0) is 16.4 Å². The molecule has 0 N–H and O–H groups in total. The number of sulfonamides is 1. The SMILES string of the molecule is Cc1cc(-n2cc(CC(C)C)cn2)ccc1S(=O)(=O)N(C)C. The summed E-state index contributed by atoms with van der Waals surface area (Å²) in [7, 11) is -0.341. The fraction of sp³-hybridized carbons (Fsp3) is 0.438. The maximum absolute atomic E-state index is 12.2. The van der Waals surface area contributed by atoms with Crippen molar-refractivity contribution in [3.05, 3.63) is 41.7 Å². The predicted octanol–water partition coefficient (Wildman–Crippen LogP) is 2.63. The molecule has 120 valence electrons. The van der Waals surface area contributed by atoms with Gasteiger partial charge in [-0.05, 0) is 48.6 Å². The second-order valence-electron chi connectivity index (χ2n) is 6.13. The first-order chi connectivity index (χ1) is 10.2. The molecule has 5 nitrogen and oxygen atoms in total. The van der Waals surface area contributed by atoms with Crippen LogP contribution in [0.4, 0.5) is 0 Å². The highest BCUT2D eigenvalue weighted by Crippen LogP contribution is 2.21. The topological polar surface area (TPSA) is 55.2 Å². The molecule has 0 atom stereocenters. The number of benzene rings is 1. The van der Waals surface area contributed by atoms with Gasteiger partial charge in [-0.2, -0.15) is 5.10 Å². The fourth-order valence-electron chi connectivity index (χ4n) is 2.34. The molecule has 1 heterocycles. The summed E-state index contributed by atoms with van der Waals surface area (Å²) in [6, 6.07) is 5.28. The molecule has 0 spiro atoms. The lowest BCUT2D eigenvalue weighted by atomic mass is 10.1. The van der Waals surface area contributed by atoms with Gasteiger partial charge in [-0.1, -0.05) is 13.8 Å². The van der Waals surface area contributed by atoms with Crippen molar-refractivity contribution < 1.29 is 8.42 Å². The second kappa shape index (κ2) is 6.22. The molecule has 0 amide bonds. The Labute approximate surface area is 132 Å². The quantitative estimate of drug-likeness (QED) is 0.850. The molecular weight excluding hydrogens is 298 g/mol. The zero-order chi connectivity index (χ0) is 16.5. The number of aromatic nitrogens is 2. The Balaban J connectivity index is 2.36. The van der Waals surface area contributed by atoms with Crippen molar-refractivity contribution in [3.63, 3.8) is 0 Å². The molecule has 2 rings (SSSR count). The van der Waals surface area contributed by atoms with E-state index in [1.807, 2.05) is 18.5 Å². The van der Waals surface area contributed by atoms with Gasteiger partial charge in [0, 0.05) is 20.3 Å². The van der Waals surface area contributed by atoms with Crippen LogP contribution in [0.15, 0.2) is 35.5 Å². The van der Waals surface area contributed by atoms with E-state index in [0.717, 1.165) is 12.1 Å². The van der Waals surface area contributed by atoms with Crippen molar-refractivity contribution in [1.82, 2.24) is 14.1 Å². The molecule has 1 aromatic heterocycles. The van der Waals surface area contributed by atoms with Crippen molar-refractivity contribution in [1.29, 1.82) is 0 Å². The van der Waals surface area contributed by atoms with Gasteiger partial charge >= 0.3 is 0 Å². The summed E-state index contributed by atoms with van der Waals surface area (Å²) in [4.78, 5) is 0.329. The Bertz CT molecular complexity index is 761. The largest absolute Gasteiger partial charge is 0.242 e. The molecule has 1 aromatic carbocycles. The molecule has 22 heavy (non-hydrogen) atoms. The van der Waals surface area contributed by atoms with E-state index < -0.39 is 10.0 Å². The molecule has 0 bridgehead atoms. The summed E-state index contributed by atoms with van der Waals surface area (Å²) in [6.45, 7) is 6.14. The average Bonchev–Trinajstić information content (AvgIpc) is 2.85. The molecular formula is C16H23N3O2S. The van der Waals surface area contributed by atoms with Crippen molar-refractivity contribution in [2.75, 3.05) is 14.1 Å². The third kappa shape index (κ3) is 3.39. The first-order valence-corrected chi connectivity index (χ1v) is 8.73. The van der Waals surface area contributed by atoms with E-state index in [1.54, 1.807) is 23.7 Å². The van der Waals surface area contributed by atoms with E-state index in [-0.39, 0.29) is 0 Å². The van der Waals surface area contributed by atoms with E-state index in [2.05, 4.69) is 18.9 Å². The van der Waals surface area contributed by atoms with Crippen molar-refractivity contribution >= 4 is 10.0 Å². The number of nitrogens with zero attached hydrogens (tertiary/aromatic N) is 3. The third-order valence-electron chi connectivity index (χ3n) is 3.46. The first kappa shape index (κ1) is 16.7. The second-order valence-corrected chi connectivity index (χ2v) is 8.25. The van der Waals surface area contributed by atoms with Gasteiger partial charge in [-0.15, -0.1) is 0 Å². The number of aryl methyl sites for hydroxylation is 1. The van der Waals surface area contributed by atoms with E-state index >= 15 is 0 Å². The average molecular weight is 321 g/mol. The Morgan fingerprint density at radius 2 is 1.95 bits per heavy atom. The van der Waals surface area contributed by atoms with Crippen LogP contribution in [0.25, 0.3) is 5.69 Å². The van der Waals surface area contributed by atoms with Gasteiger partial charge in [0.1, 0.15) is 0 Å². The van der Waals surface area contributed by atoms with Crippen LogP contribution in [0.2, 0.25) is 0 Å². The van der Waals surface area contributed by atoms with Crippen LogP contribution < -0.4 is 0 Å². The van der Waals surface area contributed by atoms with Crippen LogP contribution in [0, 0.1) is 12.8 Å². The fourth-order valence-corrected chi connectivity index (χ4v) is 3.44. The smallest absolute Gasteiger partial charge is 0.241 e. The van der Waals surface area contributed by atoms with Gasteiger partial charge in [0.2, 0.25) is 10.0 Å². The molecule has 0 radical (unpaired) electrons. The normalized spacial score (nSPS) is 12.3. The van der Waals surface area contributed by atoms with Crippen LogP contribution in [0.3, 0.4) is 0 Å². The lowest BCUT2D eigenvalue weighted by Gasteiger charge is -2.14.